The zero-order valence-corrected chi connectivity index (χ0v) is 11.0. The summed E-state index contributed by atoms with van der Waals surface area (Å²) in [6.07, 6.45) is 9.36. The van der Waals surface area contributed by atoms with Gasteiger partial charge in [-0.25, -0.2) is 4.79 Å². The van der Waals surface area contributed by atoms with Crippen LogP contribution in [-0.2, 0) is 4.79 Å². The van der Waals surface area contributed by atoms with Crippen molar-refractivity contribution in [2.45, 2.75) is 58.4 Å². The van der Waals surface area contributed by atoms with Gasteiger partial charge in [0.1, 0.15) is 0 Å². The molecule has 1 saturated carbocycles. The lowest BCUT2D eigenvalue weighted by atomic mass is 9.93. The lowest BCUT2D eigenvalue weighted by Crippen LogP contribution is -2.34. The van der Waals surface area contributed by atoms with Crippen molar-refractivity contribution in [3.8, 4) is 0 Å². The van der Waals surface area contributed by atoms with Gasteiger partial charge < -0.3 is 10.4 Å². The molecule has 0 aliphatic heterocycles. The van der Waals surface area contributed by atoms with Gasteiger partial charge >= 0.3 is 5.97 Å². The molecule has 0 bridgehead atoms. The van der Waals surface area contributed by atoms with Crippen LogP contribution in [0, 0.1) is 5.92 Å². The second kappa shape index (κ2) is 7.49. The smallest absolute Gasteiger partial charge is 0.328 e. The van der Waals surface area contributed by atoms with Gasteiger partial charge in [-0.05, 0) is 32.6 Å². The molecule has 0 radical (unpaired) electrons. The minimum atomic E-state index is -0.855. The van der Waals surface area contributed by atoms with E-state index in [0.29, 0.717) is 12.6 Å². The van der Waals surface area contributed by atoms with Crippen LogP contribution in [0.5, 0.6) is 0 Å². The molecule has 0 aromatic carbocycles. The summed E-state index contributed by atoms with van der Waals surface area (Å²) in [5.41, 5.74) is 0.887. The Hall–Kier alpha value is -0.830. The molecule has 1 rings (SSSR count). The number of carboxylic acid groups (broad SMARTS) is 1. The van der Waals surface area contributed by atoms with Gasteiger partial charge in [-0.1, -0.05) is 31.3 Å². The predicted octanol–water partition coefficient (Wildman–Crippen LogP) is 2.97. The Morgan fingerprint density at radius 2 is 1.94 bits per heavy atom. The molecule has 0 unspecified atom stereocenters. The summed E-state index contributed by atoms with van der Waals surface area (Å²) in [6.45, 7) is 4.77. The molecule has 1 fully saturated rings. The van der Waals surface area contributed by atoms with Crippen LogP contribution in [0.1, 0.15) is 52.4 Å². The Balaban J connectivity index is 2.32. The van der Waals surface area contributed by atoms with Gasteiger partial charge in [0.2, 0.25) is 0 Å². The van der Waals surface area contributed by atoms with Gasteiger partial charge in [0.05, 0.1) is 0 Å². The van der Waals surface area contributed by atoms with Gasteiger partial charge in [-0.3, -0.25) is 0 Å². The zero-order chi connectivity index (χ0) is 12.7. The average Bonchev–Trinajstić information content (AvgIpc) is 2.53. The second-order valence-electron chi connectivity index (χ2n) is 5.25. The summed E-state index contributed by atoms with van der Waals surface area (Å²) >= 11 is 0. The Kier molecular flexibility index (Phi) is 6.27. The first kappa shape index (κ1) is 14.2. The molecule has 1 aliphatic rings. The fourth-order valence-corrected chi connectivity index (χ4v) is 2.56. The topological polar surface area (TPSA) is 49.3 Å². The highest BCUT2D eigenvalue weighted by atomic mass is 16.4. The number of hydrogen-bond acceptors (Lipinski definition) is 2. The van der Waals surface area contributed by atoms with Crippen LogP contribution in [-0.4, -0.2) is 23.7 Å². The Bertz CT molecular complexity index is 265. The first-order chi connectivity index (χ1) is 8.09. The minimum Gasteiger partial charge on any atom is -0.478 e. The van der Waals surface area contributed by atoms with Crippen molar-refractivity contribution < 1.29 is 9.90 Å². The molecular weight excluding hydrogens is 214 g/mol. The molecule has 0 spiro atoms. The van der Waals surface area contributed by atoms with E-state index in [9.17, 15) is 4.79 Å². The lowest BCUT2D eigenvalue weighted by Gasteiger charge is -2.23. The van der Waals surface area contributed by atoms with Crippen molar-refractivity contribution in [1.82, 2.24) is 5.32 Å². The molecule has 0 aromatic rings. The van der Waals surface area contributed by atoms with Crippen LogP contribution in [0.4, 0.5) is 0 Å². The van der Waals surface area contributed by atoms with E-state index in [1.165, 1.54) is 44.6 Å². The summed E-state index contributed by atoms with van der Waals surface area (Å²) in [7, 11) is 0. The van der Waals surface area contributed by atoms with Crippen molar-refractivity contribution in [2.24, 2.45) is 5.92 Å². The molecule has 2 N–H and O–H groups in total. The molecule has 1 atom stereocenters. The SMILES string of the molecule is CC(=CC(=O)O)CN[C@@H](C)C1CCCCCC1. The van der Waals surface area contributed by atoms with Crippen LogP contribution in [0.15, 0.2) is 11.6 Å². The quantitative estimate of drug-likeness (QED) is 0.573. The molecule has 98 valence electrons. The third-order valence-electron chi connectivity index (χ3n) is 3.68. The Labute approximate surface area is 104 Å². The summed E-state index contributed by atoms with van der Waals surface area (Å²) in [5, 5.41) is 12.1. The highest BCUT2D eigenvalue weighted by molar-refractivity contribution is 5.80. The van der Waals surface area contributed by atoms with Crippen molar-refractivity contribution >= 4 is 5.97 Å². The van der Waals surface area contributed by atoms with Crippen molar-refractivity contribution in [1.29, 1.82) is 0 Å². The fraction of sp³-hybridized carbons (Fsp3) is 0.786. The van der Waals surface area contributed by atoms with E-state index >= 15 is 0 Å². The number of carboxylic acids is 1. The number of aliphatic carboxylic acids is 1. The molecule has 0 aromatic heterocycles. The summed E-state index contributed by atoms with van der Waals surface area (Å²) in [4.78, 5) is 10.5. The Morgan fingerprint density at radius 1 is 1.35 bits per heavy atom. The first-order valence-electron chi connectivity index (χ1n) is 6.73. The highest BCUT2D eigenvalue weighted by Gasteiger charge is 2.18. The van der Waals surface area contributed by atoms with E-state index in [0.717, 1.165) is 11.5 Å². The van der Waals surface area contributed by atoms with Gasteiger partial charge in [0, 0.05) is 18.7 Å². The van der Waals surface area contributed by atoms with E-state index in [4.69, 9.17) is 5.11 Å². The van der Waals surface area contributed by atoms with Crippen LogP contribution in [0.25, 0.3) is 0 Å². The molecule has 1 aliphatic carbocycles. The molecule has 0 heterocycles. The van der Waals surface area contributed by atoms with E-state index in [2.05, 4.69) is 12.2 Å². The summed E-state index contributed by atoms with van der Waals surface area (Å²) < 4.78 is 0. The van der Waals surface area contributed by atoms with Crippen molar-refractivity contribution in [3.63, 3.8) is 0 Å². The normalized spacial score (nSPS) is 20.9. The van der Waals surface area contributed by atoms with Crippen molar-refractivity contribution in [2.75, 3.05) is 6.54 Å². The lowest BCUT2D eigenvalue weighted by molar-refractivity contribution is -0.131. The predicted molar refractivity (Wildman–Crippen MR) is 70.0 cm³/mol. The molecule has 0 amide bonds. The minimum absolute atomic E-state index is 0.491. The van der Waals surface area contributed by atoms with E-state index in [1.807, 2.05) is 6.92 Å². The maximum atomic E-state index is 10.5. The monoisotopic (exact) mass is 239 g/mol. The Morgan fingerprint density at radius 3 is 2.47 bits per heavy atom. The summed E-state index contributed by atoms with van der Waals surface area (Å²) in [6, 6.07) is 0.491. The van der Waals surface area contributed by atoms with Gasteiger partial charge in [0.25, 0.3) is 0 Å². The molecule has 0 saturated heterocycles. The molecule has 17 heavy (non-hydrogen) atoms. The average molecular weight is 239 g/mol. The van der Waals surface area contributed by atoms with E-state index < -0.39 is 5.97 Å². The van der Waals surface area contributed by atoms with E-state index in [1.54, 1.807) is 0 Å². The standard InChI is InChI=1S/C14H25NO2/c1-11(9-14(16)17)10-15-12(2)13-7-5-3-4-6-8-13/h9,12-13,15H,3-8,10H2,1-2H3,(H,16,17)/t12-/m0/s1. The summed E-state index contributed by atoms with van der Waals surface area (Å²) in [5.74, 6) is -0.0958. The fourth-order valence-electron chi connectivity index (χ4n) is 2.56. The van der Waals surface area contributed by atoms with Gasteiger partial charge in [-0.2, -0.15) is 0 Å². The van der Waals surface area contributed by atoms with Crippen LogP contribution in [0.2, 0.25) is 0 Å². The molecule has 3 heteroatoms. The number of hydrogen-bond donors (Lipinski definition) is 2. The number of carbonyl (C=O) groups is 1. The van der Waals surface area contributed by atoms with E-state index in [-0.39, 0.29) is 0 Å². The van der Waals surface area contributed by atoms with Crippen LogP contribution in [0.3, 0.4) is 0 Å². The molecule has 3 nitrogen and oxygen atoms in total. The van der Waals surface area contributed by atoms with Crippen molar-refractivity contribution in [3.05, 3.63) is 11.6 Å². The largest absolute Gasteiger partial charge is 0.478 e. The molecular formula is C14H25NO2. The van der Waals surface area contributed by atoms with Crippen LogP contribution >= 0.6 is 0 Å². The third kappa shape index (κ3) is 5.87. The number of nitrogens with one attached hydrogen (secondary N) is 1. The third-order valence-corrected chi connectivity index (χ3v) is 3.68. The van der Waals surface area contributed by atoms with Gasteiger partial charge in [0.15, 0.2) is 0 Å². The van der Waals surface area contributed by atoms with Crippen LogP contribution < -0.4 is 5.32 Å². The first-order valence-corrected chi connectivity index (χ1v) is 6.73. The van der Waals surface area contributed by atoms with Gasteiger partial charge in [-0.15, -0.1) is 0 Å². The number of rotatable bonds is 5. The maximum absolute atomic E-state index is 10.5. The maximum Gasteiger partial charge on any atom is 0.328 e. The highest BCUT2D eigenvalue weighted by Crippen LogP contribution is 2.25. The zero-order valence-electron chi connectivity index (χ0n) is 11.0. The second-order valence-corrected chi connectivity index (χ2v) is 5.25.